The van der Waals surface area contributed by atoms with E-state index in [1.54, 1.807) is 6.07 Å². The largest absolute Gasteiger partial charge is 0.493 e. The Hall–Kier alpha value is -2.06. The highest BCUT2D eigenvalue weighted by Gasteiger charge is 2.37. The van der Waals surface area contributed by atoms with E-state index in [1.165, 1.54) is 21.3 Å². The molecule has 1 aromatic heterocycles. The highest BCUT2D eigenvalue weighted by Crippen LogP contribution is 2.47. The van der Waals surface area contributed by atoms with Crippen molar-refractivity contribution in [2.75, 3.05) is 21.3 Å². The molecule has 1 aliphatic carbocycles. The second-order valence-corrected chi connectivity index (χ2v) is 8.54. The molecule has 0 radical (unpaired) electrons. The first-order valence-corrected chi connectivity index (χ1v) is 9.68. The van der Waals surface area contributed by atoms with E-state index >= 15 is 0 Å². The average Bonchev–Trinajstić information content (AvgIpc) is 3.15. The van der Waals surface area contributed by atoms with Gasteiger partial charge in [-0.3, -0.25) is 0 Å². The van der Waals surface area contributed by atoms with Crippen LogP contribution in [0.4, 0.5) is 4.39 Å². The van der Waals surface area contributed by atoms with E-state index in [1.807, 2.05) is 6.07 Å². The van der Waals surface area contributed by atoms with Crippen LogP contribution in [-0.2, 0) is 16.6 Å². The molecule has 1 saturated carbocycles. The van der Waals surface area contributed by atoms with Crippen molar-refractivity contribution in [3.63, 3.8) is 0 Å². The van der Waals surface area contributed by atoms with Gasteiger partial charge in [-0.1, -0.05) is 6.92 Å². The van der Waals surface area contributed by atoms with Crippen LogP contribution in [0.25, 0.3) is 0 Å². The summed E-state index contributed by atoms with van der Waals surface area (Å²) in [5.41, 5.74) is 0. The molecule has 3 rings (SSSR count). The number of methoxy groups -OCH3 is 2. The number of benzene rings is 1. The standard InChI is InChI=1S/C18H22FNO5S/c1-11-7-13(11)15-6-5-12(25-15)10-20(2)26(21,22)18-9-17(24-4)16(23-3)8-14(18)19/h5-6,8-9,11,13H,7,10H2,1-4H3/t11-,13+/m1/s1. The lowest BCUT2D eigenvalue weighted by Crippen LogP contribution is -2.27. The van der Waals surface area contributed by atoms with Crippen molar-refractivity contribution in [2.45, 2.75) is 30.7 Å². The number of hydrogen-bond acceptors (Lipinski definition) is 5. The minimum atomic E-state index is -4.07. The van der Waals surface area contributed by atoms with Gasteiger partial charge in [0.25, 0.3) is 0 Å². The second-order valence-electron chi connectivity index (χ2n) is 6.52. The molecule has 2 aromatic rings. The van der Waals surface area contributed by atoms with Crippen molar-refractivity contribution in [3.05, 3.63) is 41.6 Å². The van der Waals surface area contributed by atoms with E-state index in [0.717, 1.165) is 28.6 Å². The molecule has 142 valence electrons. The molecule has 2 atom stereocenters. The number of nitrogens with zero attached hydrogens (tertiary/aromatic N) is 1. The van der Waals surface area contributed by atoms with Gasteiger partial charge in [0.15, 0.2) is 11.5 Å². The zero-order valence-electron chi connectivity index (χ0n) is 15.2. The van der Waals surface area contributed by atoms with Gasteiger partial charge < -0.3 is 13.9 Å². The minimum Gasteiger partial charge on any atom is -0.493 e. The number of sulfonamides is 1. The lowest BCUT2D eigenvalue weighted by molar-refractivity contribution is 0.349. The molecular weight excluding hydrogens is 361 g/mol. The molecule has 1 aliphatic rings. The Kier molecular flexibility index (Phi) is 4.98. The molecular formula is C18H22FNO5S. The fourth-order valence-electron chi connectivity index (χ4n) is 2.90. The van der Waals surface area contributed by atoms with Gasteiger partial charge in [-0.25, -0.2) is 12.8 Å². The van der Waals surface area contributed by atoms with Gasteiger partial charge >= 0.3 is 0 Å². The predicted octanol–water partition coefficient (Wildman–Crippen LogP) is 3.38. The van der Waals surface area contributed by atoms with Crippen molar-refractivity contribution < 1.29 is 26.7 Å². The number of ether oxygens (including phenoxy) is 2. The molecule has 1 heterocycles. The average molecular weight is 383 g/mol. The summed E-state index contributed by atoms with van der Waals surface area (Å²) in [6.45, 7) is 2.15. The fourth-order valence-corrected chi connectivity index (χ4v) is 4.10. The Balaban J connectivity index is 1.84. The van der Waals surface area contributed by atoms with Crippen LogP contribution in [0.2, 0.25) is 0 Å². The summed E-state index contributed by atoms with van der Waals surface area (Å²) >= 11 is 0. The third-order valence-electron chi connectivity index (χ3n) is 4.66. The Morgan fingerprint density at radius 2 is 1.85 bits per heavy atom. The van der Waals surface area contributed by atoms with Crippen LogP contribution < -0.4 is 9.47 Å². The maximum atomic E-state index is 14.3. The summed E-state index contributed by atoms with van der Waals surface area (Å²) in [7, 11) is 0.0278. The van der Waals surface area contributed by atoms with Crippen molar-refractivity contribution >= 4 is 10.0 Å². The topological polar surface area (TPSA) is 69.0 Å². The number of rotatable bonds is 7. The van der Waals surface area contributed by atoms with E-state index < -0.39 is 20.7 Å². The molecule has 8 heteroatoms. The molecule has 0 aliphatic heterocycles. The van der Waals surface area contributed by atoms with Crippen LogP contribution in [0.15, 0.2) is 33.6 Å². The summed E-state index contributed by atoms with van der Waals surface area (Å²) in [5.74, 6) is 1.76. The lowest BCUT2D eigenvalue weighted by Gasteiger charge is -2.18. The van der Waals surface area contributed by atoms with Gasteiger partial charge in [0.2, 0.25) is 10.0 Å². The zero-order valence-corrected chi connectivity index (χ0v) is 16.0. The van der Waals surface area contributed by atoms with Crippen LogP contribution in [-0.4, -0.2) is 34.0 Å². The Morgan fingerprint density at radius 3 is 2.42 bits per heavy atom. The summed E-state index contributed by atoms with van der Waals surface area (Å²) < 4.78 is 56.8. The Morgan fingerprint density at radius 1 is 1.23 bits per heavy atom. The third-order valence-corrected chi connectivity index (χ3v) is 6.48. The monoisotopic (exact) mass is 383 g/mol. The molecule has 1 aromatic carbocycles. The van der Waals surface area contributed by atoms with Gasteiger partial charge in [-0.15, -0.1) is 0 Å². The maximum absolute atomic E-state index is 14.3. The van der Waals surface area contributed by atoms with Crippen LogP contribution in [0.3, 0.4) is 0 Å². The summed E-state index contributed by atoms with van der Waals surface area (Å²) in [6.07, 6.45) is 1.08. The maximum Gasteiger partial charge on any atom is 0.246 e. The molecule has 6 nitrogen and oxygen atoms in total. The van der Waals surface area contributed by atoms with Gasteiger partial charge in [-0.2, -0.15) is 4.31 Å². The third kappa shape index (κ3) is 3.43. The summed E-state index contributed by atoms with van der Waals surface area (Å²) in [5, 5.41) is 0. The molecule has 0 spiro atoms. The van der Waals surface area contributed by atoms with Gasteiger partial charge in [-0.05, 0) is 24.5 Å². The van der Waals surface area contributed by atoms with E-state index in [-0.39, 0.29) is 18.0 Å². The van der Waals surface area contributed by atoms with Gasteiger partial charge in [0.05, 0.1) is 20.8 Å². The SMILES string of the molecule is COc1cc(F)c(S(=O)(=O)N(C)Cc2ccc([C@H]3C[C@H]3C)o2)cc1OC. The quantitative estimate of drug-likeness (QED) is 0.733. The van der Waals surface area contributed by atoms with Crippen molar-refractivity contribution in [1.29, 1.82) is 0 Å². The molecule has 0 unspecified atom stereocenters. The van der Waals surface area contributed by atoms with Crippen LogP contribution in [0, 0.1) is 11.7 Å². The highest BCUT2D eigenvalue weighted by atomic mass is 32.2. The lowest BCUT2D eigenvalue weighted by atomic mass is 10.3. The van der Waals surface area contributed by atoms with E-state index in [0.29, 0.717) is 17.6 Å². The summed E-state index contributed by atoms with van der Waals surface area (Å²) in [4.78, 5) is -0.472. The second kappa shape index (κ2) is 6.92. The van der Waals surface area contributed by atoms with Crippen molar-refractivity contribution in [3.8, 4) is 11.5 Å². The summed E-state index contributed by atoms with van der Waals surface area (Å²) in [6, 6.07) is 5.76. The molecule has 0 saturated heterocycles. The van der Waals surface area contributed by atoms with Crippen LogP contribution in [0.1, 0.15) is 30.8 Å². The molecule has 26 heavy (non-hydrogen) atoms. The number of hydrogen-bond donors (Lipinski definition) is 0. The van der Waals surface area contributed by atoms with Crippen molar-refractivity contribution in [2.24, 2.45) is 5.92 Å². The van der Waals surface area contributed by atoms with E-state index in [9.17, 15) is 12.8 Å². The predicted molar refractivity (Wildman–Crippen MR) is 93.4 cm³/mol. The molecule has 0 bridgehead atoms. The van der Waals surface area contributed by atoms with Gasteiger partial charge in [0, 0.05) is 25.1 Å². The first kappa shape index (κ1) is 18.7. The first-order chi connectivity index (χ1) is 12.3. The normalized spacial score (nSPS) is 19.6. The van der Waals surface area contributed by atoms with Crippen molar-refractivity contribution in [1.82, 2.24) is 4.31 Å². The Labute approximate surface area is 152 Å². The van der Waals surface area contributed by atoms with Crippen LogP contribution in [0.5, 0.6) is 11.5 Å². The number of halogens is 1. The van der Waals surface area contributed by atoms with E-state index in [2.05, 4.69) is 6.92 Å². The number of furan rings is 1. The zero-order chi connectivity index (χ0) is 19.1. The molecule has 1 fully saturated rings. The fraction of sp³-hybridized carbons (Fsp3) is 0.444. The molecule has 0 N–H and O–H groups in total. The van der Waals surface area contributed by atoms with E-state index in [4.69, 9.17) is 13.9 Å². The Bertz CT molecular complexity index is 908. The molecule has 0 amide bonds. The minimum absolute atomic E-state index is 0.0111. The first-order valence-electron chi connectivity index (χ1n) is 8.24. The van der Waals surface area contributed by atoms with Crippen LogP contribution >= 0.6 is 0 Å². The van der Waals surface area contributed by atoms with Gasteiger partial charge in [0.1, 0.15) is 22.2 Å². The smallest absolute Gasteiger partial charge is 0.246 e. The highest BCUT2D eigenvalue weighted by molar-refractivity contribution is 7.89.